The number of rotatable bonds is 4. The molecule has 3 nitrogen and oxygen atoms in total. The van der Waals surface area contributed by atoms with Crippen LogP contribution in [0.3, 0.4) is 0 Å². The van der Waals surface area contributed by atoms with Crippen molar-refractivity contribution < 1.29 is 0 Å². The summed E-state index contributed by atoms with van der Waals surface area (Å²) in [4.78, 5) is 0. The van der Waals surface area contributed by atoms with Crippen molar-refractivity contribution in [3.05, 3.63) is 17.5 Å². The van der Waals surface area contributed by atoms with Gasteiger partial charge in [0.1, 0.15) is 0 Å². The molecule has 1 N–H and O–H groups in total. The summed E-state index contributed by atoms with van der Waals surface area (Å²) in [7, 11) is 1.99. The molecule has 0 aromatic carbocycles. The van der Waals surface area contributed by atoms with Gasteiger partial charge in [-0.05, 0) is 45.6 Å². The van der Waals surface area contributed by atoms with E-state index < -0.39 is 0 Å². The molecular weight excluding hydrogens is 210 g/mol. The highest BCUT2D eigenvalue weighted by Gasteiger charge is 2.22. The first kappa shape index (κ1) is 12.6. The molecule has 1 aliphatic carbocycles. The Morgan fingerprint density at radius 2 is 2.06 bits per heavy atom. The zero-order chi connectivity index (χ0) is 12.3. The largest absolute Gasteiger partial charge is 0.316 e. The quantitative estimate of drug-likeness (QED) is 0.869. The predicted octanol–water partition coefficient (Wildman–Crippen LogP) is 3.05. The minimum atomic E-state index is 0.641. The average molecular weight is 235 g/mol. The van der Waals surface area contributed by atoms with E-state index in [1.807, 2.05) is 7.05 Å². The highest BCUT2D eigenvalue weighted by atomic mass is 15.3. The van der Waals surface area contributed by atoms with Crippen LogP contribution in [0.15, 0.2) is 6.20 Å². The van der Waals surface area contributed by atoms with E-state index in [1.165, 1.54) is 43.4 Å². The molecule has 1 fully saturated rings. The fourth-order valence-corrected chi connectivity index (χ4v) is 2.89. The second kappa shape index (κ2) is 5.67. The van der Waals surface area contributed by atoms with Crippen LogP contribution in [0.4, 0.5) is 0 Å². The van der Waals surface area contributed by atoms with Crippen molar-refractivity contribution in [3.8, 4) is 0 Å². The highest BCUT2D eigenvalue weighted by molar-refractivity contribution is 5.15. The Morgan fingerprint density at radius 1 is 1.35 bits per heavy atom. The van der Waals surface area contributed by atoms with Crippen LogP contribution in [0, 0.1) is 12.8 Å². The van der Waals surface area contributed by atoms with Crippen LogP contribution in [-0.4, -0.2) is 16.8 Å². The molecule has 0 spiro atoms. The molecule has 1 heterocycles. The lowest BCUT2D eigenvalue weighted by Gasteiger charge is -2.27. The molecule has 1 saturated carbocycles. The van der Waals surface area contributed by atoms with Gasteiger partial charge < -0.3 is 5.32 Å². The van der Waals surface area contributed by atoms with E-state index in [4.69, 9.17) is 0 Å². The van der Waals surface area contributed by atoms with Crippen LogP contribution >= 0.6 is 0 Å². The van der Waals surface area contributed by atoms with Gasteiger partial charge in [-0.3, -0.25) is 4.68 Å². The molecule has 17 heavy (non-hydrogen) atoms. The van der Waals surface area contributed by atoms with Crippen LogP contribution in [0.2, 0.25) is 0 Å². The lowest BCUT2D eigenvalue weighted by molar-refractivity contribution is 0.256. The van der Waals surface area contributed by atoms with Crippen molar-refractivity contribution in [1.29, 1.82) is 0 Å². The molecule has 0 aliphatic heterocycles. The van der Waals surface area contributed by atoms with Gasteiger partial charge in [-0.2, -0.15) is 5.10 Å². The summed E-state index contributed by atoms with van der Waals surface area (Å²) in [6.07, 6.45) is 8.94. The van der Waals surface area contributed by atoms with Crippen molar-refractivity contribution in [2.45, 2.75) is 58.5 Å². The van der Waals surface area contributed by atoms with Crippen molar-refractivity contribution >= 4 is 0 Å². The molecule has 0 unspecified atom stereocenters. The third kappa shape index (κ3) is 2.89. The molecule has 3 heteroatoms. The van der Waals surface area contributed by atoms with Gasteiger partial charge in [0.25, 0.3) is 0 Å². The SMILES string of the molecule is CCC1CCC(n2cc(CNC)c(C)n2)CC1. The third-order valence-corrected chi connectivity index (χ3v) is 4.15. The van der Waals surface area contributed by atoms with Gasteiger partial charge in [0.05, 0.1) is 11.7 Å². The minimum absolute atomic E-state index is 0.641. The second-order valence-corrected chi connectivity index (χ2v) is 5.33. The van der Waals surface area contributed by atoms with E-state index in [2.05, 4.69) is 35.1 Å². The third-order valence-electron chi connectivity index (χ3n) is 4.15. The maximum absolute atomic E-state index is 4.68. The summed E-state index contributed by atoms with van der Waals surface area (Å²) >= 11 is 0. The van der Waals surface area contributed by atoms with E-state index in [1.54, 1.807) is 0 Å². The zero-order valence-corrected chi connectivity index (χ0v) is 11.4. The average Bonchev–Trinajstić information content (AvgIpc) is 2.72. The van der Waals surface area contributed by atoms with Gasteiger partial charge in [0.2, 0.25) is 0 Å². The lowest BCUT2D eigenvalue weighted by Crippen LogP contribution is -2.18. The summed E-state index contributed by atoms with van der Waals surface area (Å²) < 4.78 is 2.22. The molecule has 1 aromatic heterocycles. The van der Waals surface area contributed by atoms with E-state index in [9.17, 15) is 0 Å². The fourth-order valence-electron chi connectivity index (χ4n) is 2.89. The maximum atomic E-state index is 4.68. The molecular formula is C14H25N3. The molecule has 0 bridgehead atoms. The molecule has 0 radical (unpaired) electrons. The van der Waals surface area contributed by atoms with Crippen LogP contribution in [0.25, 0.3) is 0 Å². The molecule has 0 amide bonds. The summed E-state index contributed by atoms with van der Waals surface area (Å²) in [5, 5.41) is 7.88. The summed E-state index contributed by atoms with van der Waals surface area (Å²) in [6.45, 7) is 5.35. The first-order valence-corrected chi connectivity index (χ1v) is 6.93. The first-order valence-electron chi connectivity index (χ1n) is 6.93. The Labute approximate surface area is 105 Å². The Morgan fingerprint density at radius 3 is 2.65 bits per heavy atom. The van der Waals surface area contributed by atoms with E-state index in [0.717, 1.165) is 12.5 Å². The zero-order valence-electron chi connectivity index (χ0n) is 11.4. The van der Waals surface area contributed by atoms with Gasteiger partial charge in [-0.25, -0.2) is 0 Å². The number of hydrogen-bond donors (Lipinski definition) is 1. The Bertz CT molecular complexity index is 348. The molecule has 0 atom stereocenters. The number of aromatic nitrogens is 2. The molecule has 96 valence electrons. The van der Waals surface area contributed by atoms with Gasteiger partial charge in [0.15, 0.2) is 0 Å². The summed E-state index contributed by atoms with van der Waals surface area (Å²) in [6, 6.07) is 0.641. The normalized spacial score (nSPS) is 25.1. The number of nitrogens with zero attached hydrogens (tertiary/aromatic N) is 2. The Hall–Kier alpha value is -0.830. The van der Waals surface area contributed by atoms with Gasteiger partial charge in [-0.1, -0.05) is 13.3 Å². The predicted molar refractivity (Wildman–Crippen MR) is 71.0 cm³/mol. The monoisotopic (exact) mass is 235 g/mol. The van der Waals surface area contributed by atoms with E-state index in [0.29, 0.717) is 6.04 Å². The molecule has 0 saturated heterocycles. The van der Waals surface area contributed by atoms with Gasteiger partial charge in [-0.15, -0.1) is 0 Å². The molecule has 1 aliphatic rings. The van der Waals surface area contributed by atoms with E-state index in [-0.39, 0.29) is 0 Å². The van der Waals surface area contributed by atoms with Gasteiger partial charge >= 0.3 is 0 Å². The van der Waals surface area contributed by atoms with E-state index >= 15 is 0 Å². The first-order chi connectivity index (χ1) is 8.24. The van der Waals surface area contributed by atoms with Crippen LogP contribution < -0.4 is 5.32 Å². The van der Waals surface area contributed by atoms with Crippen LogP contribution in [0.5, 0.6) is 0 Å². The lowest BCUT2D eigenvalue weighted by atomic mass is 9.85. The maximum Gasteiger partial charge on any atom is 0.0638 e. The Kier molecular flexibility index (Phi) is 4.21. The standard InChI is InChI=1S/C14H25N3/c1-4-12-5-7-14(8-6-12)17-10-13(9-15-3)11(2)16-17/h10,12,14-15H,4-9H2,1-3H3. The Balaban J connectivity index is 2.00. The fraction of sp³-hybridized carbons (Fsp3) is 0.786. The highest BCUT2D eigenvalue weighted by Crippen LogP contribution is 2.33. The van der Waals surface area contributed by atoms with Crippen molar-refractivity contribution in [2.24, 2.45) is 5.92 Å². The van der Waals surface area contributed by atoms with Crippen molar-refractivity contribution in [2.75, 3.05) is 7.05 Å². The second-order valence-electron chi connectivity index (χ2n) is 5.33. The number of nitrogens with one attached hydrogen (secondary N) is 1. The van der Waals surface area contributed by atoms with Crippen molar-refractivity contribution in [3.63, 3.8) is 0 Å². The topological polar surface area (TPSA) is 29.9 Å². The summed E-state index contributed by atoms with van der Waals surface area (Å²) in [5.74, 6) is 0.958. The smallest absolute Gasteiger partial charge is 0.0638 e. The van der Waals surface area contributed by atoms with Crippen LogP contribution in [0.1, 0.15) is 56.3 Å². The van der Waals surface area contributed by atoms with Crippen LogP contribution in [-0.2, 0) is 6.54 Å². The minimum Gasteiger partial charge on any atom is -0.316 e. The molecule has 2 rings (SSSR count). The summed E-state index contributed by atoms with van der Waals surface area (Å²) in [5.41, 5.74) is 2.52. The van der Waals surface area contributed by atoms with Crippen molar-refractivity contribution in [1.82, 2.24) is 15.1 Å². The number of aryl methyl sites for hydroxylation is 1. The molecule has 1 aromatic rings. The van der Waals surface area contributed by atoms with Gasteiger partial charge in [0, 0.05) is 18.3 Å². The number of hydrogen-bond acceptors (Lipinski definition) is 2.